The molecule has 37 heavy (non-hydrogen) atoms. The fraction of sp³-hybridized carbons (Fsp3) is 0.258. The van der Waals surface area contributed by atoms with Crippen LogP contribution in [-0.2, 0) is 0 Å². The van der Waals surface area contributed by atoms with Gasteiger partial charge >= 0.3 is 0 Å². The summed E-state index contributed by atoms with van der Waals surface area (Å²) in [7, 11) is 0. The van der Waals surface area contributed by atoms with Crippen LogP contribution in [-0.4, -0.2) is 23.9 Å². The van der Waals surface area contributed by atoms with E-state index in [1.807, 2.05) is 43.4 Å². The second kappa shape index (κ2) is 12.8. The average Bonchev–Trinajstić information content (AvgIpc) is 2.83. The zero-order chi connectivity index (χ0) is 26.8. The average molecular weight is 500 g/mol. The first-order valence-electron chi connectivity index (χ1n) is 12.1. The van der Waals surface area contributed by atoms with Gasteiger partial charge in [-0.05, 0) is 68.0 Å². The Balaban J connectivity index is 2.01. The predicted octanol–water partition coefficient (Wildman–Crippen LogP) is 6.97. The van der Waals surface area contributed by atoms with Crippen molar-refractivity contribution < 1.29 is 13.5 Å². The van der Waals surface area contributed by atoms with Crippen LogP contribution in [0.1, 0.15) is 51.2 Å². The molecule has 2 N–H and O–H groups in total. The van der Waals surface area contributed by atoms with Crippen LogP contribution < -0.4 is 10.5 Å². The number of rotatable bonds is 8. The normalized spacial score (nSPS) is 24.1. The fourth-order valence-electron chi connectivity index (χ4n) is 3.65. The van der Waals surface area contributed by atoms with E-state index in [2.05, 4.69) is 21.6 Å². The van der Waals surface area contributed by atoms with E-state index in [-0.39, 0.29) is 12.8 Å². The standard InChI is InChI=1S/C31H31F2N3O/c1-5-24-14-15-28(29-13-8-7-11-25(20-34)21-35-29)30(17-24)37-27-12-9-10-23(4)36-26(18-27)16-22(3)19-31(32,33)6-2/h1,8-12,14-18,21H,6,13,19-20,34H2,2-4H3/b10-9?,12-9+,22-16-,23-10+,25-21+,26-18?,27-12?,27-18+,35-29+,36-23?,36-26-. The summed E-state index contributed by atoms with van der Waals surface area (Å²) in [6, 6.07) is 5.48. The van der Waals surface area contributed by atoms with Gasteiger partial charge in [0.1, 0.15) is 11.5 Å². The smallest absolute Gasteiger partial charge is 0.251 e. The Morgan fingerprint density at radius 3 is 2.89 bits per heavy atom. The molecule has 0 aromatic heterocycles. The molecule has 0 amide bonds. The van der Waals surface area contributed by atoms with Crippen LogP contribution in [0.4, 0.5) is 8.78 Å². The van der Waals surface area contributed by atoms with Gasteiger partial charge in [-0.2, -0.15) is 0 Å². The van der Waals surface area contributed by atoms with Crippen molar-refractivity contribution >= 4 is 11.4 Å². The summed E-state index contributed by atoms with van der Waals surface area (Å²) in [5, 5.41) is 0. The molecule has 0 saturated heterocycles. The number of aliphatic imine (C=N–C) groups is 2. The highest BCUT2D eigenvalue weighted by molar-refractivity contribution is 6.06. The van der Waals surface area contributed by atoms with Gasteiger partial charge in [0, 0.05) is 54.9 Å². The molecule has 1 aromatic carbocycles. The highest BCUT2D eigenvalue weighted by Crippen LogP contribution is 2.28. The lowest BCUT2D eigenvalue weighted by molar-refractivity contribution is -0.00204. The third kappa shape index (κ3) is 8.25. The van der Waals surface area contributed by atoms with E-state index in [9.17, 15) is 8.78 Å². The van der Waals surface area contributed by atoms with E-state index in [0.29, 0.717) is 41.3 Å². The number of benzene rings is 1. The van der Waals surface area contributed by atoms with Gasteiger partial charge in [-0.3, -0.25) is 9.98 Å². The van der Waals surface area contributed by atoms with Crippen molar-refractivity contribution in [1.29, 1.82) is 0 Å². The van der Waals surface area contributed by atoms with Crippen LogP contribution in [0.25, 0.3) is 0 Å². The number of nitrogens with two attached hydrogens (primary N) is 1. The molecule has 3 rings (SSSR count). The van der Waals surface area contributed by atoms with Crippen molar-refractivity contribution in [3.63, 3.8) is 0 Å². The van der Waals surface area contributed by atoms with Crippen molar-refractivity contribution in [2.24, 2.45) is 15.7 Å². The summed E-state index contributed by atoms with van der Waals surface area (Å²) >= 11 is 0. The molecule has 4 nitrogen and oxygen atoms in total. The lowest BCUT2D eigenvalue weighted by atomic mass is 10.0. The number of hydrogen-bond acceptors (Lipinski definition) is 4. The molecule has 0 spiro atoms. The minimum Gasteiger partial charge on any atom is -0.457 e. The molecule has 0 bridgehead atoms. The van der Waals surface area contributed by atoms with Crippen molar-refractivity contribution in [2.75, 3.05) is 6.54 Å². The summed E-state index contributed by atoms with van der Waals surface area (Å²) in [6.07, 6.45) is 19.9. The molecule has 2 aliphatic rings. The lowest BCUT2D eigenvalue weighted by Gasteiger charge is -2.16. The van der Waals surface area contributed by atoms with E-state index in [0.717, 1.165) is 22.5 Å². The van der Waals surface area contributed by atoms with Crippen LogP contribution in [0, 0.1) is 12.3 Å². The molecule has 1 aromatic rings. The molecule has 2 aliphatic heterocycles. The van der Waals surface area contributed by atoms with Crippen LogP contribution in [0.5, 0.6) is 5.75 Å². The van der Waals surface area contributed by atoms with Gasteiger partial charge in [-0.1, -0.05) is 24.5 Å². The lowest BCUT2D eigenvalue weighted by Crippen LogP contribution is -2.14. The van der Waals surface area contributed by atoms with E-state index < -0.39 is 5.92 Å². The number of allylic oxidation sites excluding steroid dienone is 7. The minimum absolute atomic E-state index is 0.221. The summed E-state index contributed by atoms with van der Waals surface area (Å²) in [5.41, 5.74) is 13.7. The van der Waals surface area contributed by atoms with Crippen molar-refractivity contribution in [2.45, 2.75) is 46.0 Å². The Labute approximate surface area is 217 Å². The zero-order valence-corrected chi connectivity index (χ0v) is 21.4. The number of hydrogen-bond donors (Lipinski definition) is 1. The molecular weight excluding hydrogens is 468 g/mol. The van der Waals surface area contributed by atoms with Gasteiger partial charge in [-0.25, -0.2) is 8.78 Å². The van der Waals surface area contributed by atoms with E-state index >= 15 is 0 Å². The predicted molar refractivity (Wildman–Crippen MR) is 148 cm³/mol. The maximum Gasteiger partial charge on any atom is 0.251 e. The first-order chi connectivity index (χ1) is 17.7. The number of terminal acetylenes is 1. The summed E-state index contributed by atoms with van der Waals surface area (Å²) in [4.78, 5) is 9.21. The first kappa shape index (κ1) is 27.5. The Bertz CT molecular complexity index is 1350. The van der Waals surface area contributed by atoms with Gasteiger partial charge in [0.15, 0.2) is 0 Å². The third-order valence-corrected chi connectivity index (χ3v) is 5.63. The Hall–Kier alpha value is -4.04. The SMILES string of the molecule is C#Cc1ccc(/C2=N/C=C(/CN)C=C=CC2)c(OC2=C/C(/C=C(/C)CC(F)(F)CC)=N\C(C)=C\C=C\2)c1. The highest BCUT2D eigenvalue weighted by Gasteiger charge is 2.26. The first-order valence-corrected chi connectivity index (χ1v) is 12.1. The van der Waals surface area contributed by atoms with Crippen LogP contribution in [0.15, 0.2) is 105 Å². The van der Waals surface area contributed by atoms with E-state index in [4.69, 9.17) is 16.9 Å². The number of alkyl halides is 2. The number of ether oxygens (including phenoxy) is 1. The molecular formula is C31H31F2N3O. The van der Waals surface area contributed by atoms with Gasteiger partial charge in [0.25, 0.3) is 5.92 Å². The highest BCUT2D eigenvalue weighted by atomic mass is 19.3. The molecule has 0 atom stereocenters. The van der Waals surface area contributed by atoms with Crippen LogP contribution in [0.2, 0.25) is 0 Å². The molecule has 0 fully saturated rings. The van der Waals surface area contributed by atoms with Gasteiger partial charge in [0.05, 0.1) is 11.4 Å². The summed E-state index contributed by atoms with van der Waals surface area (Å²) in [6.45, 7) is 5.35. The van der Waals surface area contributed by atoms with Crippen molar-refractivity contribution in [1.82, 2.24) is 0 Å². The van der Waals surface area contributed by atoms with E-state index in [1.165, 1.54) is 6.92 Å². The molecule has 0 saturated carbocycles. The summed E-state index contributed by atoms with van der Waals surface area (Å²) < 4.78 is 34.2. The molecule has 2 heterocycles. The second-order valence-corrected chi connectivity index (χ2v) is 8.79. The monoisotopic (exact) mass is 499 g/mol. The van der Waals surface area contributed by atoms with Gasteiger partial charge in [0.2, 0.25) is 0 Å². The third-order valence-electron chi connectivity index (χ3n) is 5.63. The largest absolute Gasteiger partial charge is 0.457 e. The Morgan fingerprint density at radius 1 is 1.35 bits per heavy atom. The minimum atomic E-state index is -2.76. The fourth-order valence-corrected chi connectivity index (χ4v) is 3.65. The Kier molecular flexibility index (Phi) is 9.51. The maximum absolute atomic E-state index is 13.9. The van der Waals surface area contributed by atoms with Crippen molar-refractivity contribution in [3.8, 4) is 18.1 Å². The van der Waals surface area contributed by atoms with Crippen LogP contribution in [0.3, 0.4) is 0 Å². The zero-order valence-electron chi connectivity index (χ0n) is 21.4. The quantitative estimate of drug-likeness (QED) is 0.310. The van der Waals surface area contributed by atoms with Gasteiger partial charge < -0.3 is 10.5 Å². The van der Waals surface area contributed by atoms with E-state index in [1.54, 1.807) is 37.4 Å². The number of nitrogens with zero attached hydrogens (tertiary/aromatic N) is 2. The molecule has 0 aliphatic carbocycles. The maximum atomic E-state index is 13.9. The summed E-state index contributed by atoms with van der Waals surface area (Å²) in [5.74, 6) is 0.871. The topological polar surface area (TPSA) is 60.0 Å². The van der Waals surface area contributed by atoms with Crippen molar-refractivity contribution in [3.05, 3.63) is 106 Å². The molecule has 0 radical (unpaired) electrons. The molecule has 190 valence electrons. The second-order valence-electron chi connectivity index (χ2n) is 8.79. The Morgan fingerprint density at radius 2 is 2.16 bits per heavy atom. The number of halogens is 2. The van der Waals surface area contributed by atoms with Gasteiger partial charge in [-0.15, -0.1) is 12.2 Å². The van der Waals surface area contributed by atoms with Crippen LogP contribution >= 0.6 is 0 Å². The molecule has 0 unspecified atom stereocenters. The molecule has 6 heteroatoms.